The first kappa shape index (κ1) is 14.2. The van der Waals surface area contributed by atoms with E-state index in [0.29, 0.717) is 12.4 Å². The SMILES string of the molecule is O=C(O)/C=C/c1c(OC/C=C/Cl)ccc2ccccc12. The molecule has 0 aliphatic heterocycles. The summed E-state index contributed by atoms with van der Waals surface area (Å²) in [5.74, 6) is -0.375. The van der Waals surface area contributed by atoms with Gasteiger partial charge in [-0.3, -0.25) is 0 Å². The summed E-state index contributed by atoms with van der Waals surface area (Å²) < 4.78 is 5.60. The maximum atomic E-state index is 10.7. The summed E-state index contributed by atoms with van der Waals surface area (Å²) in [6, 6.07) is 11.5. The molecule has 1 N–H and O–H groups in total. The van der Waals surface area contributed by atoms with Crippen LogP contribution < -0.4 is 4.74 Å². The molecule has 0 aliphatic carbocycles. The van der Waals surface area contributed by atoms with Gasteiger partial charge in [0.2, 0.25) is 0 Å². The Hall–Kier alpha value is -2.26. The second-order valence-electron chi connectivity index (χ2n) is 4.04. The summed E-state index contributed by atoms with van der Waals surface area (Å²) in [7, 11) is 0. The molecule has 0 amide bonds. The largest absolute Gasteiger partial charge is 0.489 e. The molecule has 4 heteroatoms. The van der Waals surface area contributed by atoms with E-state index < -0.39 is 5.97 Å². The molecule has 0 aliphatic rings. The zero-order valence-corrected chi connectivity index (χ0v) is 11.4. The number of hydrogen-bond donors (Lipinski definition) is 1. The molecule has 0 bridgehead atoms. The summed E-state index contributed by atoms with van der Waals surface area (Å²) in [6.07, 6.45) is 4.32. The Morgan fingerprint density at radius 2 is 2.05 bits per heavy atom. The lowest BCUT2D eigenvalue weighted by Gasteiger charge is -2.10. The lowest BCUT2D eigenvalue weighted by atomic mass is 10.0. The Bertz CT molecular complexity index is 674. The fourth-order valence-corrected chi connectivity index (χ4v) is 1.97. The summed E-state index contributed by atoms with van der Waals surface area (Å²) in [4.78, 5) is 10.7. The average molecular weight is 289 g/mol. The molecule has 0 fully saturated rings. The van der Waals surface area contributed by atoms with Crippen LogP contribution in [0.15, 0.2) is 54.1 Å². The lowest BCUT2D eigenvalue weighted by Crippen LogP contribution is -1.96. The smallest absolute Gasteiger partial charge is 0.328 e. The highest BCUT2D eigenvalue weighted by Gasteiger charge is 2.06. The predicted molar refractivity (Wildman–Crippen MR) is 81.1 cm³/mol. The number of hydrogen-bond acceptors (Lipinski definition) is 2. The number of carbonyl (C=O) groups is 1. The molecule has 20 heavy (non-hydrogen) atoms. The molecule has 0 spiro atoms. The number of aliphatic carboxylic acids is 1. The van der Waals surface area contributed by atoms with Gasteiger partial charge in [0.05, 0.1) is 0 Å². The Morgan fingerprint density at radius 1 is 1.25 bits per heavy atom. The van der Waals surface area contributed by atoms with Crippen LogP contribution >= 0.6 is 11.6 Å². The van der Waals surface area contributed by atoms with Crippen LogP contribution in [0.1, 0.15) is 5.56 Å². The number of ether oxygens (including phenoxy) is 1. The third kappa shape index (κ3) is 3.39. The van der Waals surface area contributed by atoms with E-state index in [1.165, 1.54) is 5.54 Å². The van der Waals surface area contributed by atoms with E-state index in [1.807, 2.05) is 36.4 Å². The fraction of sp³-hybridized carbons (Fsp3) is 0.0625. The third-order valence-corrected chi connectivity index (χ3v) is 2.93. The molecule has 0 saturated carbocycles. The molecule has 102 valence electrons. The molecule has 0 heterocycles. The van der Waals surface area contributed by atoms with Gasteiger partial charge in [0.25, 0.3) is 0 Å². The molecule has 2 aromatic carbocycles. The minimum atomic E-state index is -0.996. The van der Waals surface area contributed by atoms with Crippen molar-refractivity contribution in [2.24, 2.45) is 0 Å². The summed E-state index contributed by atoms with van der Waals surface area (Å²) in [6.45, 7) is 0.329. The number of halogens is 1. The van der Waals surface area contributed by atoms with Gasteiger partial charge in [-0.05, 0) is 29.0 Å². The van der Waals surface area contributed by atoms with Gasteiger partial charge in [-0.2, -0.15) is 0 Å². The number of carboxylic acid groups (broad SMARTS) is 1. The number of rotatable bonds is 5. The maximum Gasteiger partial charge on any atom is 0.328 e. The molecule has 0 aromatic heterocycles. The third-order valence-electron chi connectivity index (χ3n) is 2.75. The van der Waals surface area contributed by atoms with Crippen molar-refractivity contribution in [3.63, 3.8) is 0 Å². The van der Waals surface area contributed by atoms with E-state index in [1.54, 1.807) is 12.2 Å². The van der Waals surface area contributed by atoms with E-state index >= 15 is 0 Å². The van der Waals surface area contributed by atoms with Crippen molar-refractivity contribution in [1.29, 1.82) is 0 Å². The minimum absolute atomic E-state index is 0.329. The monoisotopic (exact) mass is 288 g/mol. The molecule has 0 saturated heterocycles. The van der Waals surface area contributed by atoms with Gasteiger partial charge in [0.1, 0.15) is 12.4 Å². The number of carboxylic acids is 1. The van der Waals surface area contributed by atoms with Gasteiger partial charge in [0, 0.05) is 17.2 Å². The van der Waals surface area contributed by atoms with Crippen molar-refractivity contribution in [2.45, 2.75) is 0 Å². The Labute approximate surface area is 121 Å². The number of fused-ring (bicyclic) bond motifs is 1. The first-order chi connectivity index (χ1) is 9.72. The van der Waals surface area contributed by atoms with Crippen LogP contribution in [0.4, 0.5) is 0 Å². The van der Waals surface area contributed by atoms with Crippen molar-refractivity contribution in [3.05, 3.63) is 59.6 Å². The van der Waals surface area contributed by atoms with Gasteiger partial charge < -0.3 is 9.84 Å². The van der Waals surface area contributed by atoms with E-state index in [0.717, 1.165) is 22.4 Å². The molecule has 2 rings (SSSR count). The molecular formula is C16H13ClO3. The number of benzene rings is 2. The average Bonchev–Trinajstić information content (AvgIpc) is 2.45. The molecular weight excluding hydrogens is 276 g/mol. The zero-order valence-electron chi connectivity index (χ0n) is 10.6. The van der Waals surface area contributed by atoms with Crippen molar-refractivity contribution in [3.8, 4) is 5.75 Å². The minimum Gasteiger partial charge on any atom is -0.489 e. The zero-order chi connectivity index (χ0) is 14.4. The van der Waals surface area contributed by atoms with Crippen molar-refractivity contribution in [2.75, 3.05) is 6.61 Å². The van der Waals surface area contributed by atoms with Crippen LogP contribution in [-0.4, -0.2) is 17.7 Å². The second kappa shape index (κ2) is 6.78. The van der Waals surface area contributed by atoms with Crippen LogP contribution in [0.25, 0.3) is 16.8 Å². The normalized spacial score (nSPS) is 11.4. The summed E-state index contributed by atoms with van der Waals surface area (Å²) >= 11 is 5.45. The van der Waals surface area contributed by atoms with E-state index in [2.05, 4.69) is 0 Å². The van der Waals surface area contributed by atoms with E-state index in [4.69, 9.17) is 21.4 Å². The van der Waals surface area contributed by atoms with Gasteiger partial charge in [-0.25, -0.2) is 4.79 Å². The second-order valence-corrected chi connectivity index (χ2v) is 4.29. The standard InChI is InChI=1S/C16H13ClO3/c17-10-3-11-20-15-8-6-12-4-1-2-5-13(12)14(15)7-9-16(18)19/h1-10H,11H2,(H,18,19)/b9-7+,10-3+. The Kier molecular flexibility index (Phi) is 4.80. The van der Waals surface area contributed by atoms with Crippen LogP contribution in [0.5, 0.6) is 5.75 Å². The Balaban J connectivity index is 2.49. The quantitative estimate of drug-likeness (QED) is 0.844. The molecule has 0 atom stereocenters. The van der Waals surface area contributed by atoms with Gasteiger partial charge in [0.15, 0.2) is 0 Å². The topological polar surface area (TPSA) is 46.5 Å². The first-order valence-electron chi connectivity index (χ1n) is 6.03. The molecule has 0 radical (unpaired) electrons. The molecule has 3 nitrogen and oxygen atoms in total. The van der Waals surface area contributed by atoms with Gasteiger partial charge in [-0.1, -0.05) is 41.9 Å². The molecule has 2 aromatic rings. The first-order valence-corrected chi connectivity index (χ1v) is 6.47. The highest BCUT2D eigenvalue weighted by molar-refractivity contribution is 6.25. The van der Waals surface area contributed by atoms with Crippen LogP contribution in [0.3, 0.4) is 0 Å². The van der Waals surface area contributed by atoms with Crippen molar-refractivity contribution in [1.82, 2.24) is 0 Å². The summed E-state index contributed by atoms with van der Waals surface area (Å²) in [5.41, 5.74) is 2.13. The van der Waals surface area contributed by atoms with Gasteiger partial charge in [-0.15, -0.1) is 0 Å². The lowest BCUT2D eigenvalue weighted by molar-refractivity contribution is -0.131. The summed E-state index contributed by atoms with van der Waals surface area (Å²) in [5, 5.41) is 10.8. The van der Waals surface area contributed by atoms with Crippen molar-refractivity contribution >= 4 is 34.4 Å². The van der Waals surface area contributed by atoms with Crippen LogP contribution in [0.2, 0.25) is 0 Å². The van der Waals surface area contributed by atoms with E-state index in [-0.39, 0.29) is 0 Å². The van der Waals surface area contributed by atoms with Crippen molar-refractivity contribution < 1.29 is 14.6 Å². The van der Waals surface area contributed by atoms with E-state index in [9.17, 15) is 4.79 Å². The molecule has 0 unspecified atom stereocenters. The van der Waals surface area contributed by atoms with Crippen LogP contribution in [-0.2, 0) is 4.79 Å². The Morgan fingerprint density at radius 3 is 2.80 bits per heavy atom. The maximum absolute atomic E-state index is 10.7. The van der Waals surface area contributed by atoms with Gasteiger partial charge >= 0.3 is 5.97 Å². The highest BCUT2D eigenvalue weighted by atomic mass is 35.5. The highest BCUT2D eigenvalue weighted by Crippen LogP contribution is 2.29. The fourth-order valence-electron chi connectivity index (χ4n) is 1.90. The van der Waals surface area contributed by atoms with Crippen LogP contribution in [0, 0.1) is 0 Å². The predicted octanol–water partition coefficient (Wildman–Crippen LogP) is 4.07.